The smallest absolute Gasteiger partial charge is 0.321 e. The molecule has 6 nitrogen and oxygen atoms in total. The number of halogens is 3. The summed E-state index contributed by atoms with van der Waals surface area (Å²) in [5, 5.41) is 32.3. The van der Waals surface area contributed by atoms with Gasteiger partial charge >= 0.3 is 5.97 Å². The van der Waals surface area contributed by atoms with Crippen LogP contribution < -0.4 is 5.32 Å². The Morgan fingerprint density at radius 2 is 1.84 bits per heavy atom. The average molecular weight is 522 g/mol. The van der Waals surface area contributed by atoms with E-state index in [0.29, 0.717) is 32.6 Å². The number of carboxylic acids is 1. The van der Waals surface area contributed by atoms with Crippen LogP contribution >= 0.6 is 11.6 Å². The SMILES string of the molecule is CC(O)c1cc(F)c(CN[C@@H](Cc2ccc(-c3ccc(C#N)cc3Cl)c3ncccc23)C(=O)O)c(F)c1. The molecule has 0 aliphatic carbocycles. The third kappa shape index (κ3) is 5.59. The number of carbonyl (C=O) groups is 1. The van der Waals surface area contributed by atoms with Crippen molar-refractivity contribution in [2.24, 2.45) is 0 Å². The van der Waals surface area contributed by atoms with Crippen LogP contribution in [0, 0.1) is 23.0 Å². The fourth-order valence-corrected chi connectivity index (χ4v) is 4.44. The van der Waals surface area contributed by atoms with Gasteiger partial charge in [0.15, 0.2) is 0 Å². The minimum atomic E-state index is -1.18. The predicted molar refractivity (Wildman–Crippen MR) is 136 cm³/mol. The molecule has 0 amide bonds. The highest BCUT2D eigenvalue weighted by Gasteiger charge is 2.22. The number of aromatic nitrogens is 1. The first-order valence-corrected chi connectivity index (χ1v) is 11.8. The normalized spacial score (nSPS) is 12.8. The number of nitrogens with zero attached hydrogens (tertiary/aromatic N) is 2. The number of pyridine rings is 1. The van der Waals surface area contributed by atoms with Gasteiger partial charge in [-0.2, -0.15) is 5.26 Å². The minimum absolute atomic E-state index is 0.0217. The maximum atomic E-state index is 14.5. The molecule has 37 heavy (non-hydrogen) atoms. The van der Waals surface area contributed by atoms with Crippen LogP contribution in [0.5, 0.6) is 0 Å². The van der Waals surface area contributed by atoms with Crippen molar-refractivity contribution in [2.45, 2.75) is 32.0 Å². The first kappa shape index (κ1) is 26.2. The quantitative estimate of drug-likeness (QED) is 0.281. The van der Waals surface area contributed by atoms with Crippen molar-refractivity contribution in [2.75, 3.05) is 0 Å². The number of fused-ring (bicyclic) bond motifs is 1. The van der Waals surface area contributed by atoms with Crippen LogP contribution in [0.3, 0.4) is 0 Å². The molecule has 9 heteroatoms. The molecule has 4 aromatic rings. The molecule has 4 rings (SSSR count). The van der Waals surface area contributed by atoms with E-state index in [2.05, 4.69) is 10.3 Å². The van der Waals surface area contributed by atoms with Crippen molar-refractivity contribution >= 4 is 28.5 Å². The highest BCUT2D eigenvalue weighted by molar-refractivity contribution is 6.33. The topological polar surface area (TPSA) is 106 Å². The van der Waals surface area contributed by atoms with Crippen LogP contribution in [0.15, 0.2) is 60.8 Å². The fourth-order valence-electron chi connectivity index (χ4n) is 4.15. The Morgan fingerprint density at radius 1 is 1.14 bits per heavy atom. The van der Waals surface area contributed by atoms with Crippen LogP contribution in [0.25, 0.3) is 22.0 Å². The first-order chi connectivity index (χ1) is 17.7. The predicted octanol–water partition coefficient (Wildman–Crippen LogP) is 5.54. The number of benzene rings is 3. The highest BCUT2D eigenvalue weighted by atomic mass is 35.5. The molecular formula is C28H22ClF2N3O3. The standard InChI is InChI=1S/C28H22ClF2N3O3/c1-15(35)18-10-24(30)22(25(31)11-18)14-34-26(28(36)37)12-17-5-7-21(27-19(17)3-2-8-33-27)20-6-4-16(13-32)9-23(20)29/h2-11,15,26,34-35H,12,14H2,1H3,(H,36,37)/t15?,26-/m0/s1. The minimum Gasteiger partial charge on any atom is -0.480 e. The van der Waals surface area contributed by atoms with Crippen molar-refractivity contribution in [3.8, 4) is 17.2 Å². The van der Waals surface area contributed by atoms with E-state index in [0.717, 1.165) is 17.7 Å². The van der Waals surface area contributed by atoms with Gasteiger partial charge in [-0.3, -0.25) is 15.1 Å². The lowest BCUT2D eigenvalue weighted by Crippen LogP contribution is -2.38. The third-order valence-electron chi connectivity index (χ3n) is 6.14. The van der Waals surface area contributed by atoms with Crippen LogP contribution in [-0.2, 0) is 17.8 Å². The molecule has 188 valence electrons. The maximum Gasteiger partial charge on any atom is 0.321 e. The molecule has 0 saturated carbocycles. The monoisotopic (exact) mass is 521 g/mol. The molecule has 0 aliphatic heterocycles. The summed E-state index contributed by atoms with van der Waals surface area (Å²) < 4.78 is 28.9. The molecule has 0 fully saturated rings. The number of nitriles is 1. The van der Waals surface area contributed by atoms with Crippen LogP contribution in [0.2, 0.25) is 5.02 Å². The summed E-state index contributed by atoms with van der Waals surface area (Å²) in [7, 11) is 0. The Labute approximate surface area is 216 Å². The summed E-state index contributed by atoms with van der Waals surface area (Å²) in [5.41, 5.74) is 2.87. The molecule has 2 atom stereocenters. The van der Waals surface area contributed by atoms with Crippen molar-refractivity contribution in [1.29, 1.82) is 5.26 Å². The van der Waals surface area contributed by atoms with Crippen LogP contribution in [-0.4, -0.2) is 27.2 Å². The fraction of sp³-hybridized carbons (Fsp3) is 0.179. The van der Waals surface area contributed by atoms with E-state index in [1.807, 2.05) is 12.1 Å². The van der Waals surface area contributed by atoms with Gasteiger partial charge in [0.2, 0.25) is 0 Å². The average Bonchev–Trinajstić information content (AvgIpc) is 2.87. The summed E-state index contributed by atoms with van der Waals surface area (Å²) in [6, 6.07) is 15.0. The molecule has 1 aromatic heterocycles. The maximum absolute atomic E-state index is 14.5. The molecule has 0 aliphatic rings. The number of aliphatic hydroxyl groups is 1. The second-order valence-corrected chi connectivity index (χ2v) is 9.00. The number of rotatable bonds is 8. The van der Waals surface area contributed by atoms with E-state index >= 15 is 0 Å². The molecule has 1 heterocycles. The molecule has 0 bridgehead atoms. The Morgan fingerprint density at radius 3 is 2.46 bits per heavy atom. The van der Waals surface area contributed by atoms with E-state index in [9.17, 15) is 23.8 Å². The van der Waals surface area contributed by atoms with Crippen molar-refractivity contribution < 1.29 is 23.8 Å². The van der Waals surface area contributed by atoms with E-state index in [-0.39, 0.29) is 24.1 Å². The van der Waals surface area contributed by atoms with Gasteiger partial charge in [0.1, 0.15) is 17.7 Å². The molecule has 0 spiro atoms. The van der Waals surface area contributed by atoms with Gasteiger partial charge in [0.05, 0.1) is 23.3 Å². The molecule has 1 unspecified atom stereocenters. The first-order valence-electron chi connectivity index (χ1n) is 11.4. The van der Waals surface area contributed by atoms with E-state index < -0.39 is 29.7 Å². The molecule has 0 saturated heterocycles. The van der Waals surface area contributed by atoms with Crippen LogP contribution in [0.1, 0.15) is 35.3 Å². The molecule has 3 N–H and O–H groups in total. The van der Waals surface area contributed by atoms with Crippen LogP contribution in [0.4, 0.5) is 8.78 Å². The van der Waals surface area contributed by atoms with Crippen molar-refractivity contribution in [3.63, 3.8) is 0 Å². The summed E-state index contributed by atoms with van der Waals surface area (Å²) in [6.45, 7) is 1.04. The molecule has 0 radical (unpaired) electrons. The lowest BCUT2D eigenvalue weighted by Gasteiger charge is -2.18. The number of carboxylic acid groups (broad SMARTS) is 1. The van der Waals surface area contributed by atoms with Gasteiger partial charge in [-0.15, -0.1) is 0 Å². The second kappa shape index (κ2) is 11.0. The van der Waals surface area contributed by atoms with Crippen molar-refractivity contribution in [3.05, 3.63) is 99.7 Å². The van der Waals surface area contributed by atoms with Gasteiger partial charge in [0.25, 0.3) is 0 Å². The second-order valence-electron chi connectivity index (χ2n) is 8.59. The summed E-state index contributed by atoms with van der Waals surface area (Å²) in [5.74, 6) is -2.92. The molecule has 3 aromatic carbocycles. The van der Waals surface area contributed by atoms with E-state index in [4.69, 9.17) is 16.9 Å². The largest absolute Gasteiger partial charge is 0.480 e. The summed E-state index contributed by atoms with van der Waals surface area (Å²) in [4.78, 5) is 16.5. The zero-order valence-corrected chi connectivity index (χ0v) is 20.4. The Bertz CT molecular complexity index is 1510. The Balaban J connectivity index is 1.64. The van der Waals surface area contributed by atoms with Gasteiger partial charge in [-0.25, -0.2) is 8.78 Å². The van der Waals surface area contributed by atoms with E-state index in [1.54, 1.807) is 42.6 Å². The Hall–Kier alpha value is -3.90. The summed E-state index contributed by atoms with van der Waals surface area (Å²) in [6.07, 6.45) is 0.595. The Kier molecular flexibility index (Phi) is 7.79. The molecular weight excluding hydrogens is 500 g/mol. The number of aliphatic hydroxyl groups excluding tert-OH is 1. The zero-order valence-electron chi connectivity index (χ0n) is 19.7. The van der Waals surface area contributed by atoms with Gasteiger partial charge in [-0.1, -0.05) is 35.9 Å². The van der Waals surface area contributed by atoms with E-state index in [1.165, 1.54) is 6.92 Å². The lowest BCUT2D eigenvalue weighted by molar-refractivity contribution is -0.139. The number of aliphatic carboxylic acids is 1. The number of hydrogen-bond acceptors (Lipinski definition) is 5. The third-order valence-corrected chi connectivity index (χ3v) is 6.45. The highest BCUT2D eigenvalue weighted by Crippen LogP contribution is 2.35. The van der Waals surface area contributed by atoms with Crippen molar-refractivity contribution in [1.82, 2.24) is 10.3 Å². The number of hydrogen-bond donors (Lipinski definition) is 3. The zero-order chi connectivity index (χ0) is 26.7. The van der Waals surface area contributed by atoms with Gasteiger partial charge in [-0.05, 0) is 54.8 Å². The number of nitrogens with one attached hydrogen (secondary N) is 1. The lowest BCUT2D eigenvalue weighted by atomic mass is 9.94. The summed E-state index contributed by atoms with van der Waals surface area (Å²) >= 11 is 6.42. The van der Waals surface area contributed by atoms with Gasteiger partial charge in [0, 0.05) is 39.8 Å². The van der Waals surface area contributed by atoms with Gasteiger partial charge < -0.3 is 10.2 Å².